The molecule has 0 amide bonds. The topological polar surface area (TPSA) is 167 Å². The Morgan fingerprint density at radius 3 is 2.75 bits per heavy atom. The summed E-state index contributed by atoms with van der Waals surface area (Å²) < 4.78 is 49.5. The number of rotatable bonds is 5. The van der Waals surface area contributed by atoms with Crippen LogP contribution >= 0.6 is 0 Å². The fraction of sp³-hybridized carbons (Fsp3) is 0.174. The monoisotopic (exact) mass is 511 g/mol. The van der Waals surface area contributed by atoms with Crippen molar-refractivity contribution in [1.29, 1.82) is 0 Å². The van der Waals surface area contributed by atoms with Crippen molar-refractivity contribution in [3.8, 4) is 22.8 Å². The molecule has 4 aromatic rings. The second-order valence-corrected chi connectivity index (χ2v) is 9.62. The van der Waals surface area contributed by atoms with Crippen molar-refractivity contribution in [2.24, 2.45) is 5.14 Å². The van der Waals surface area contributed by atoms with Crippen molar-refractivity contribution in [1.82, 2.24) is 15.0 Å². The second kappa shape index (κ2) is 8.77. The fourth-order valence-corrected chi connectivity index (χ4v) is 4.53. The fourth-order valence-electron chi connectivity index (χ4n) is 4.00. The third kappa shape index (κ3) is 4.07. The number of aromatic nitrogens is 3. The Balaban J connectivity index is 1.58. The highest BCUT2D eigenvalue weighted by Crippen LogP contribution is 2.39. The van der Waals surface area contributed by atoms with E-state index in [9.17, 15) is 8.42 Å². The van der Waals surface area contributed by atoms with E-state index in [1.54, 1.807) is 12.3 Å². The number of nitrogens with one attached hydrogen (secondary N) is 2. The molecule has 11 nitrogen and oxygen atoms in total. The molecule has 0 unspecified atom stereocenters. The van der Waals surface area contributed by atoms with Gasteiger partial charge in [0.25, 0.3) is 0 Å². The zero-order valence-corrected chi connectivity index (χ0v) is 20.1. The number of pyridine rings is 1. The molecule has 186 valence electrons. The van der Waals surface area contributed by atoms with Crippen LogP contribution in [0.5, 0.6) is 11.6 Å². The Hall–Kier alpha value is -4.23. The highest BCUT2D eigenvalue weighted by Gasteiger charge is 2.21. The minimum atomic E-state index is -3.91. The number of ether oxygens (including phenoxy) is 2. The van der Waals surface area contributed by atoms with E-state index in [1.807, 2.05) is 6.92 Å². The normalized spacial score (nSPS) is 13.0. The number of sulfonamides is 1. The molecule has 0 saturated heterocycles. The van der Waals surface area contributed by atoms with Gasteiger partial charge in [0.1, 0.15) is 18.0 Å². The first-order chi connectivity index (χ1) is 17.2. The number of fused-ring (bicyclic) bond motifs is 2. The van der Waals surface area contributed by atoms with Crippen LogP contribution in [0.2, 0.25) is 0 Å². The standard InChI is InChI=1S/C23H22FN7O4S/c1-11-14(9-28-22-21(11)27-5-6-35-22)13-8-17-15(20(25)19(13)24)10-29-23(31-17)30-16-4-3-12(36(26,32)33)7-18(16)34-2/h3-4,7-10,27H,5-6,25H2,1-2H3,(H2,26,32,33)(H,29,30,31). The molecule has 1 aliphatic rings. The Morgan fingerprint density at radius 1 is 1.19 bits per heavy atom. The number of hydrogen-bond donors (Lipinski definition) is 4. The van der Waals surface area contributed by atoms with E-state index < -0.39 is 15.8 Å². The van der Waals surface area contributed by atoms with Crippen LogP contribution in [-0.4, -0.2) is 43.6 Å². The number of primary sulfonamides is 1. The quantitative estimate of drug-likeness (QED) is 0.292. The summed E-state index contributed by atoms with van der Waals surface area (Å²) in [6.07, 6.45) is 2.95. The molecule has 0 saturated carbocycles. The van der Waals surface area contributed by atoms with Crippen LogP contribution in [0.25, 0.3) is 22.0 Å². The SMILES string of the molecule is COc1cc(S(N)(=O)=O)ccc1Nc1ncc2c(N)c(F)c(-c3cnc4c(c3C)NCCO4)cc2n1. The number of anilines is 4. The minimum Gasteiger partial charge on any atom is -0.495 e. The lowest BCUT2D eigenvalue weighted by atomic mass is 9.98. The molecule has 0 radical (unpaired) electrons. The van der Waals surface area contributed by atoms with Gasteiger partial charge in [0.05, 0.1) is 28.9 Å². The number of nitrogens with two attached hydrogens (primary N) is 2. The number of nitrogen functional groups attached to an aromatic ring is 1. The van der Waals surface area contributed by atoms with Gasteiger partial charge in [0.15, 0.2) is 5.82 Å². The average molecular weight is 512 g/mol. The summed E-state index contributed by atoms with van der Waals surface area (Å²) in [6, 6.07) is 5.67. The summed E-state index contributed by atoms with van der Waals surface area (Å²) in [7, 11) is -2.52. The van der Waals surface area contributed by atoms with Gasteiger partial charge in [-0.15, -0.1) is 0 Å². The maximum Gasteiger partial charge on any atom is 0.238 e. The number of nitrogens with zero attached hydrogens (tertiary/aromatic N) is 3. The van der Waals surface area contributed by atoms with Gasteiger partial charge in [0.2, 0.25) is 21.9 Å². The van der Waals surface area contributed by atoms with Crippen molar-refractivity contribution in [3.63, 3.8) is 0 Å². The predicted molar refractivity (Wildman–Crippen MR) is 134 cm³/mol. The predicted octanol–water partition coefficient (Wildman–Crippen LogP) is 2.93. The molecule has 3 heterocycles. The van der Waals surface area contributed by atoms with E-state index in [0.29, 0.717) is 46.9 Å². The van der Waals surface area contributed by atoms with Crippen molar-refractivity contribution < 1.29 is 22.3 Å². The van der Waals surface area contributed by atoms with Crippen molar-refractivity contribution >= 4 is 43.9 Å². The van der Waals surface area contributed by atoms with E-state index >= 15 is 4.39 Å². The van der Waals surface area contributed by atoms with E-state index in [2.05, 4.69) is 25.6 Å². The largest absolute Gasteiger partial charge is 0.495 e. The van der Waals surface area contributed by atoms with Crippen LogP contribution < -0.4 is 31.0 Å². The van der Waals surface area contributed by atoms with Gasteiger partial charge in [-0.25, -0.2) is 32.9 Å². The molecule has 0 atom stereocenters. The summed E-state index contributed by atoms with van der Waals surface area (Å²) in [5.74, 6) is 0.244. The first-order valence-electron chi connectivity index (χ1n) is 10.8. The summed E-state index contributed by atoms with van der Waals surface area (Å²) in [5.41, 5.74) is 9.08. The van der Waals surface area contributed by atoms with Gasteiger partial charge in [-0.3, -0.25) is 0 Å². The molecule has 0 fully saturated rings. The summed E-state index contributed by atoms with van der Waals surface area (Å²) >= 11 is 0. The Bertz CT molecular complexity index is 1630. The lowest BCUT2D eigenvalue weighted by molar-refractivity contribution is 0.310. The third-order valence-electron chi connectivity index (χ3n) is 5.85. The van der Waals surface area contributed by atoms with Crippen molar-refractivity contribution in [3.05, 3.63) is 48.0 Å². The molecule has 0 aliphatic carbocycles. The van der Waals surface area contributed by atoms with Gasteiger partial charge in [-0.05, 0) is 30.7 Å². The summed E-state index contributed by atoms with van der Waals surface area (Å²) in [6.45, 7) is 2.96. The van der Waals surface area contributed by atoms with Crippen molar-refractivity contribution in [2.75, 3.05) is 36.6 Å². The van der Waals surface area contributed by atoms with Crippen LogP contribution in [0.4, 0.5) is 27.4 Å². The van der Waals surface area contributed by atoms with Crippen LogP contribution in [0, 0.1) is 12.7 Å². The number of methoxy groups -OCH3 is 1. The first kappa shape index (κ1) is 23.5. The smallest absolute Gasteiger partial charge is 0.238 e. The zero-order valence-electron chi connectivity index (χ0n) is 19.3. The molecule has 2 aromatic heterocycles. The van der Waals surface area contributed by atoms with Gasteiger partial charge in [-0.2, -0.15) is 0 Å². The zero-order chi connectivity index (χ0) is 25.6. The molecule has 2 aromatic carbocycles. The maximum absolute atomic E-state index is 15.4. The van der Waals surface area contributed by atoms with Crippen LogP contribution in [0.1, 0.15) is 5.56 Å². The molecule has 5 rings (SSSR count). The lowest BCUT2D eigenvalue weighted by Crippen LogP contribution is -2.20. The van der Waals surface area contributed by atoms with Crippen LogP contribution in [0.3, 0.4) is 0 Å². The van der Waals surface area contributed by atoms with E-state index in [1.165, 1.54) is 31.5 Å². The molecule has 0 spiro atoms. The molecular formula is C23H22FN7O4S. The van der Waals surface area contributed by atoms with Crippen molar-refractivity contribution in [2.45, 2.75) is 11.8 Å². The van der Waals surface area contributed by atoms with E-state index in [0.717, 1.165) is 5.56 Å². The molecule has 6 N–H and O–H groups in total. The number of halogens is 1. The first-order valence-corrected chi connectivity index (χ1v) is 12.3. The lowest BCUT2D eigenvalue weighted by Gasteiger charge is -2.22. The molecular weight excluding hydrogens is 489 g/mol. The highest BCUT2D eigenvalue weighted by molar-refractivity contribution is 7.89. The third-order valence-corrected chi connectivity index (χ3v) is 6.76. The van der Waals surface area contributed by atoms with Gasteiger partial charge in [-0.1, -0.05) is 0 Å². The minimum absolute atomic E-state index is 0.0922. The summed E-state index contributed by atoms with van der Waals surface area (Å²) in [5, 5.41) is 11.8. The molecule has 13 heteroatoms. The number of benzene rings is 2. The maximum atomic E-state index is 15.4. The highest BCUT2D eigenvalue weighted by atomic mass is 32.2. The van der Waals surface area contributed by atoms with Crippen LogP contribution in [0.15, 0.2) is 41.6 Å². The Morgan fingerprint density at radius 2 is 2.00 bits per heavy atom. The van der Waals surface area contributed by atoms with Gasteiger partial charge < -0.3 is 25.8 Å². The van der Waals surface area contributed by atoms with Crippen LogP contribution in [-0.2, 0) is 10.0 Å². The van der Waals surface area contributed by atoms with Gasteiger partial charge >= 0.3 is 0 Å². The van der Waals surface area contributed by atoms with Gasteiger partial charge in [0, 0.05) is 41.5 Å². The Labute approximate surface area is 205 Å². The summed E-state index contributed by atoms with van der Waals surface area (Å²) in [4.78, 5) is 12.9. The molecule has 36 heavy (non-hydrogen) atoms. The molecule has 0 bridgehead atoms. The second-order valence-electron chi connectivity index (χ2n) is 8.06. The molecule has 1 aliphatic heterocycles. The van der Waals surface area contributed by atoms with E-state index in [-0.39, 0.29) is 27.8 Å². The van der Waals surface area contributed by atoms with E-state index in [4.69, 9.17) is 20.3 Å². The average Bonchev–Trinajstić information content (AvgIpc) is 2.86. The number of hydrogen-bond acceptors (Lipinski definition) is 10. The Kier molecular flexibility index (Phi) is 5.73.